The molecule has 11 heteroatoms. The molecule has 3 amide bonds. The Morgan fingerprint density at radius 1 is 1.16 bits per heavy atom. The van der Waals surface area contributed by atoms with E-state index in [2.05, 4.69) is 31.5 Å². The SMILES string of the molecule is C=CCC1C2C(C(=O)N[C@@H](C(N)=O)C3CCCCC3)CC(C3C(=O)OC(=O)[C@H]32)N1C(=O)OCC[Si](C)(C)C. The summed E-state index contributed by atoms with van der Waals surface area (Å²) < 4.78 is 10.7. The highest BCUT2D eigenvalue weighted by Crippen LogP contribution is 2.54. The second-order valence-electron chi connectivity index (χ2n) is 12.5. The lowest BCUT2D eigenvalue weighted by molar-refractivity contribution is -0.157. The standard InChI is InChI=1S/C27H41N3O7Si/c1-5-9-17-19-16(24(32)29-22(23(28)31)15-10-7-6-8-11-15)14-18(20-21(19)26(34)37-25(20)33)30(17)27(35)36-12-13-38(2,3)4/h5,15-22H,1,6-14H2,2-4H3,(H2,28,31)(H,29,32)/t16?,17?,18?,19?,20?,21-,22+/m0/s1. The van der Waals surface area contributed by atoms with Gasteiger partial charge in [-0.1, -0.05) is 45.0 Å². The number of piperidine rings is 2. The van der Waals surface area contributed by atoms with Crippen LogP contribution in [0.2, 0.25) is 25.7 Å². The first-order chi connectivity index (χ1) is 17.9. The fourth-order valence-corrected chi connectivity index (χ4v) is 7.74. The average molecular weight is 548 g/mol. The van der Waals surface area contributed by atoms with E-state index in [1.807, 2.05) is 0 Å². The Morgan fingerprint density at radius 2 is 1.82 bits per heavy atom. The molecule has 38 heavy (non-hydrogen) atoms. The minimum atomic E-state index is -1.45. The zero-order valence-electron chi connectivity index (χ0n) is 22.6. The van der Waals surface area contributed by atoms with Crippen molar-refractivity contribution < 1.29 is 33.4 Å². The number of esters is 2. The molecule has 0 aromatic rings. The lowest BCUT2D eigenvalue weighted by Crippen LogP contribution is -2.70. The van der Waals surface area contributed by atoms with Gasteiger partial charge >= 0.3 is 18.0 Å². The predicted octanol–water partition coefficient (Wildman–Crippen LogP) is 2.59. The molecule has 0 aromatic carbocycles. The molecule has 0 radical (unpaired) electrons. The molecule has 5 rings (SSSR count). The van der Waals surface area contributed by atoms with Crippen LogP contribution in [0.15, 0.2) is 12.7 Å². The fourth-order valence-electron chi connectivity index (χ4n) is 7.02. The molecule has 2 aliphatic carbocycles. The third-order valence-corrected chi connectivity index (χ3v) is 10.5. The van der Waals surface area contributed by atoms with Crippen molar-refractivity contribution in [2.75, 3.05) is 6.61 Å². The van der Waals surface area contributed by atoms with Crippen LogP contribution in [-0.2, 0) is 28.7 Å². The van der Waals surface area contributed by atoms with Gasteiger partial charge in [0.05, 0.1) is 24.5 Å². The minimum absolute atomic E-state index is 0.0291. The van der Waals surface area contributed by atoms with E-state index in [0.717, 1.165) is 38.1 Å². The van der Waals surface area contributed by atoms with Crippen molar-refractivity contribution in [1.82, 2.24) is 10.2 Å². The van der Waals surface area contributed by atoms with Crippen LogP contribution in [0, 0.1) is 29.6 Å². The lowest BCUT2D eigenvalue weighted by Gasteiger charge is -2.56. The van der Waals surface area contributed by atoms with Crippen LogP contribution in [0.5, 0.6) is 0 Å². The number of primary amides is 1. The Morgan fingerprint density at radius 3 is 2.42 bits per heavy atom. The molecular weight excluding hydrogens is 506 g/mol. The molecule has 3 saturated heterocycles. The normalized spacial score (nSPS) is 31.8. The average Bonchev–Trinajstić information content (AvgIpc) is 3.16. The predicted molar refractivity (Wildman–Crippen MR) is 141 cm³/mol. The summed E-state index contributed by atoms with van der Waals surface area (Å²) in [6.07, 6.45) is 6.26. The topological polar surface area (TPSA) is 145 Å². The Labute approximate surface area is 225 Å². The number of nitrogens with one attached hydrogen (secondary N) is 1. The summed E-state index contributed by atoms with van der Waals surface area (Å²) in [6.45, 7) is 10.7. The van der Waals surface area contributed by atoms with Crippen molar-refractivity contribution >= 4 is 37.9 Å². The first kappa shape index (κ1) is 28.3. The number of nitrogens with two attached hydrogens (primary N) is 1. The van der Waals surface area contributed by atoms with Gasteiger partial charge in [0.25, 0.3) is 0 Å². The molecule has 3 aliphatic heterocycles. The number of amides is 3. The van der Waals surface area contributed by atoms with E-state index in [1.54, 1.807) is 11.0 Å². The Hall–Kier alpha value is -2.69. The monoisotopic (exact) mass is 547 g/mol. The van der Waals surface area contributed by atoms with Gasteiger partial charge in [0.15, 0.2) is 0 Å². The Bertz CT molecular complexity index is 990. The summed E-state index contributed by atoms with van der Waals surface area (Å²) >= 11 is 0. The van der Waals surface area contributed by atoms with Crippen molar-refractivity contribution in [3.8, 4) is 0 Å². The van der Waals surface area contributed by atoms with Gasteiger partial charge in [-0.05, 0) is 37.6 Å². The maximum absolute atomic E-state index is 13.7. The van der Waals surface area contributed by atoms with Crippen LogP contribution in [-0.4, -0.2) is 67.6 Å². The highest BCUT2D eigenvalue weighted by molar-refractivity contribution is 6.76. The molecule has 3 heterocycles. The summed E-state index contributed by atoms with van der Waals surface area (Å²) in [6, 6.07) is -1.30. The van der Waals surface area contributed by atoms with Crippen LogP contribution in [0.4, 0.5) is 4.79 Å². The highest BCUT2D eigenvalue weighted by Gasteiger charge is 2.67. The van der Waals surface area contributed by atoms with Crippen molar-refractivity contribution in [1.29, 1.82) is 0 Å². The number of hydrogen-bond acceptors (Lipinski definition) is 7. The molecule has 5 aliphatic rings. The molecule has 0 spiro atoms. The third kappa shape index (κ3) is 5.53. The molecule has 0 aromatic heterocycles. The zero-order valence-corrected chi connectivity index (χ0v) is 23.6. The van der Waals surface area contributed by atoms with E-state index < -0.39 is 73.8 Å². The fraction of sp³-hybridized carbons (Fsp3) is 0.741. The van der Waals surface area contributed by atoms with E-state index in [1.165, 1.54) is 0 Å². The number of carbonyl (C=O) groups is 5. The van der Waals surface area contributed by atoms with Gasteiger partial charge < -0.3 is 25.4 Å². The summed E-state index contributed by atoms with van der Waals surface area (Å²) in [5.41, 5.74) is 5.71. The third-order valence-electron chi connectivity index (χ3n) is 8.84. The first-order valence-electron chi connectivity index (χ1n) is 13.9. The maximum Gasteiger partial charge on any atom is 0.410 e. The van der Waals surface area contributed by atoms with Crippen molar-refractivity contribution in [2.45, 2.75) is 88.8 Å². The number of nitrogens with zero attached hydrogens (tertiary/aromatic N) is 1. The molecule has 2 bridgehead atoms. The van der Waals surface area contributed by atoms with Crippen molar-refractivity contribution in [3.05, 3.63) is 12.7 Å². The van der Waals surface area contributed by atoms with E-state index in [9.17, 15) is 24.0 Å². The largest absolute Gasteiger partial charge is 0.450 e. The molecule has 210 valence electrons. The summed E-state index contributed by atoms with van der Waals surface area (Å²) in [5.74, 6) is -5.35. The molecular formula is C27H41N3O7Si. The van der Waals surface area contributed by atoms with Gasteiger partial charge in [-0.3, -0.25) is 19.2 Å². The number of cyclic esters (lactones) is 2. The molecule has 5 unspecified atom stereocenters. The lowest BCUT2D eigenvalue weighted by atomic mass is 9.57. The van der Waals surface area contributed by atoms with Crippen LogP contribution in [0.25, 0.3) is 0 Å². The van der Waals surface area contributed by atoms with Crippen LogP contribution < -0.4 is 11.1 Å². The highest BCUT2D eigenvalue weighted by atomic mass is 28.3. The summed E-state index contributed by atoms with van der Waals surface area (Å²) in [7, 11) is -1.45. The number of fused-ring (bicyclic) bond motifs is 2. The minimum Gasteiger partial charge on any atom is -0.450 e. The molecule has 10 nitrogen and oxygen atoms in total. The second-order valence-corrected chi connectivity index (χ2v) is 18.1. The number of hydrogen-bond donors (Lipinski definition) is 2. The van der Waals surface area contributed by atoms with E-state index >= 15 is 0 Å². The Balaban J connectivity index is 1.61. The van der Waals surface area contributed by atoms with Gasteiger partial charge in [-0.25, -0.2) is 4.79 Å². The molecule has 7 atom stereocenters. The summed E-state index contributed by atoms with van der Waals surface area (Å²) in [5, 5.41) is 2.90. The zero-order chi connectivity index (χ0) is 27.8. The molecule has 5 fully saturated rings. The van der Waals surface area contributed by atoms with Crippen LogP contribution >= 0.6 is 0 Å². The van der Waals surface area contributed by atoms with Gasteiger partial charge in [0, 0.05) is 26.0 Å². The van der Waals surface area contributed by atoms with Crippen molar-refractivity contribution in [3.63, 3.8) is 0 Å². The second kappa shape index (κ2) is 11.2. The maximum atomic E-state index is 13.7. The Kier molecular flexibility index (Phi) is 8.34. The summed E-state index contributed by atoms with van der Waals surface area (Å²) in [4.78, 5) is 66.6. The number of carbonyl (C=O) groups excluding carboxylic acids is 5. The van der Waals surface area contributed by atoms with E-state index in [-0.39, 0.29) is 24.9 Å². The smallest absolute Gasteiger partial charge is 0.410 e. The van der Waals surface area contributed by atoms with Crippen molar-refractivity contribution in [2.24, 2.45) is 35.3 Å². The van der Waals surface area contributed by atoms with Crippen LogP contribution in [0.1, 0.15) is 44.9 Å². The van der Waals surface area contributed by atoms with Gasteiger partial charge in [-0.2, -0.15) is 0 Å². The number of rotatable bonds is 9. The van der Waals surface area contributed by atoms with E-state index in [0.29, 0.717) is 6.42 Å². The quantitative estimate of drug-likeness (QED) is 0.195. The molecule has 2 saturated carbocycles. The number of ether oxygens (including phenoxy) is 2. The van der Waals surface area contributed by atoms with Gasteiger partial charge in [0.1, 0.15) is 6.04 Å². The van der Waals surface area contributed by atoms with E-state index in [4.69, 9.17) is 15.2 Å². The van der Waals surface area contributed by atoms with Crippen LogP contribution in [0.3, 0.4) is 0 Å². The molecule has 3 N–H and O–H groups in total. The van der Waals surface area contributed by atoms with Gasteiger partial charge in [0.2, 0.25) is 11.8 Å². The van der Waals surface area contributed by atoms with Gasteiger partial charge in [-0.15, -0.1) is 6.58 Å². The first-order valence-corrected chi connectivity index (χ1v) is 17.6.